The number of hydrogen-bond donors (Lipinski definition) is 2. The minimum absolute atomic E-state index is 0.134. The highest BCUT2D eigenvalue weighted by molar-refractivity contribution is 5.80. The molecule has 0 spiro atoms. The van der Waals surface area contributed by atoms with E-state index in [9.17, 15) is 19.8 Å². The Morgan fingerprint density at radius 1 is 1.09 bits per heavy atom. The van der Waals surface area contributed by atoms with Crippen molar-refractivity contribution in [3.05, 3.63) is 59.7 Å². The molecule has 0 bridgehead atoms. The largest absolute Gasteiger partial charge is 0.466 e. The zero-order valence-electron chi connectivity index (χ0n) is 19.2. The first-order valence-corrected chi connectivity index (χ1v) is 11.9. The number of aliphatic hydroxyl groups excluding tert-OH is 2. The van der Waals surface area contributed by atoms with Crippen molar-refractivity contribution in [3.8, 4) is 0 Å². The zero-order valence-corrected chi connectivity index (χ0v) is 19.2. The van der Waals surface area contributed by atoms with Gasteiger partial charge in [0.2, 0.25) is 0 Å². The molecule has 1 aliphatic rings. The van der Waals surface area contributed by atoms with Gasteiger partial charge in [-0.2, -0.15) is 0 Å². The summed E-state index contributed by atoms with van der Waals surface area (Å²) in [4.78, 5) is 23.9. The number of ether oxygens (including phenoxy) is 1. The quantitative estimate of drug-likeness (QED) is 0.248. The monoisotopic (exact) mass is 442 g/mol. The topological polar surface area (TPSA) is 83.8 Å². The number of rotatable bonds is 14. The van der Waals surface area contributed by atoms with Crippen LogP contribution in [0.3, 0.4) is 0 Å². The number of esters is 1. The maximum atomic E-state index is 12.3. The summed E-state index contributed by atoms with van der Waals surface area (Å²) >= 11 is 0. The third-order valence-electron chi connectivity index (χ3n) is 5.91. The van der Waals surface area contributed by atoms with Crippen LogP contribution in [0.2, 0.25) is 0 Å². The predicted octanol–water partition coefficient (Wildman–Crippen LogP) is 4.71. The molecule has 1 aromatic carbocycles. The van der Waals surface area contributed by atoms with Crippen LogP contribution in [-0.4, -0.2) is 40.8 Å². The van der Waals surface area contributed by atoms with Crippen LogP contribution < -0.4 is 0 Å². The molecule has 1 saturated carbocycles. The van der Waals surface area contributed by atoms with Crippen LogP contribution in [0.25, 0.3) is 0 Å². The van der Waals surface area contributed by atoms with E-state index in [1.54, 1.807) is 0 Å². The lowest BCUT2D eigenvalue weighted by molar-refractivity contribution is -0.143. The summed E-state index contributed by atoms with van der Waals surface area (Å²) in [5.41, 5.74) is 1.91. The fourth-order valence-corrected chi connectivity index (χ4v) is 3.97. The lowest BCUT2D eigenvalue weighted by Crippen LogP contribution is -2.13. The van der Waals surface area contributed by atoms with E-state index in [1.165, 1.54) is 0 Å². The van der Waals surface area contributed by atoms with E-state index in [0.717, 1.165) is 36.8 Å². The molecule has 0 amide bonds. The van der Waals surface area contributed by atoms with Gasteiger partial charge >= 0.3 is 5.97 Å². The Balaban J connectivity index is 1.74. The van der Waals surface area contributed by atoms with E-state index in [2.05, 4.69) is 6.92 Å². The maximum Gasteiger partial charge on any atom is 0.305 e. The van der Waals surface area contributed by atoms with E-state index >= 15 is 0 Å². The molecule has 5 nitrogen and oxygen atoms in total. The van der Waals surface area contributed by atoms with Gasteiger partial charge in [-0.3, -0.25) is 9.59 Å². The van der Waals surface area contributed by atoms with Gasteiger partial charge in [0.1, 0.15) is 5.78 Å². The predicted molar refractivity (Wildman–Crippen MR) is 126 cm³/mol. The summed E-state index contributed by atoms with van der Waals surface area (Å²) in [6.45, 7) is 2.56. The normalized spacial score (nSPS) is 22.0. The highest BCUT2D eigenvalue weighted by atomic mass is 16.5. The van der Waals surface area contributed by atoms with Crippen molar-refractivity contribution in [1.29, 1.82) is 0 Å². The number of aliphatic hydroxyl groups is 2. The van der Waals surface area contributed by atoms with Crippen LogP contribution in [0.15, 0.2) is 54.1 Å². The van der Waals surface area contributed by atoms with Crippen molar-refractivity contribution in [2.45, 2.75) is 83.3 Å². The number of allylic oxidation sites excluding steroid dienone is 3. The Hall–Kier alpha value is -2.24. The van der Waals surface area contributed by atoms with Gasteiger partial charge in [-0.05, 0) is 43.2 Å². The third-order valence-corrected chi connectivity index (χ3v) is 5.91. The Kier molecular flexibility index (Phi) is 12.0. The fraction of sp³-hybridized carbons (Fsp3) is 0.556. The molecule has 2 N–H and O–H groups in total. The van der Waals surface area contributed by atoms with E-state index in [4.69, 9.17) is 4.74 Å². The Bertz CT molecular complexity index is 753. The molecule has 5 heteroatoms. The highest BCUT2D eigenvalue weighted by Gasteiger charge is 2.35. The maximum absolute atomic E-state index is 12.3. The fourth-order valence-electron chi connectivity index (χ4n) is 3.97. The Morgan fingerprint density at radius 2 is 1.88 bits per heavy atom. The van der Waals surface area contributed by atoms with E-state index in [0.29, 0.717) is 38.7 Å². The SMILES string of the molecule is CCCCOC(=O)CCCC=CC[C@@H]1C(=CCC(=O)CCc2ccccc2)[C@H](O)C[C@@H]1O. The highest BCUT2D eigenvalue weighted by Crippen LogP contribution is 2.35. The second-order valence-electron chi connectivity index (χ2n) is 8.53. The van der Waals surface area contributed by atoms with Crippen LogP contribution in [-0.2, 0) is 20.7 Å². The van der Waals surface area contributed by atoms with Crippen LogP contribution in [0.5, 0.6) is 0 Å². The third kappa shape index (κ3) is 9.49. The van der Waals surface area contributed by atoms with Crippen molar-refractivity contribution in [2.75, 3.05) is 6.61 Å². The molecule has 2 rings (SSSR count). The molecule has 176 valence electrons. The Morgan fingerprint density at radius 3 is 2.62 bits per heavy atom. The number of carbonyl (C=O) groups is 2. The summed E-state index contributed by atoms with van der Waals surface area (Å²) in [6.07, 6.45) is 10.8. The molecule has 0 aliphatic heterocycles. The van der Waals surface area contributed by atoms with Gasteiger partial charge in [-0.1, -0.05) is 61.9 Å². The van der Waals surface area contributed by atoms with E-state index in [-0.39, 0.29) is 24.1 Å². The van der Waals surface area contributed by atoms with Crippen LogP contribution in [0.4, 0.5) is 0 Å². The van der Waals surface area contributed by atoms with Crippen LogP contribution in [0, 0.1) is 5.92 Å². The lowest BCUT2D eigenvalue weighted by Gasteiger charge is -2.14. The number of benzene rings is 1. The van der Waals surface area contributed by atoms with Gasteiger partial charge in [0, 0.05) is 31.6 Å². The van der Waals surface area contributed by atoms with Gasteiger partial charge in [-0.15, -0.1) is 0 Å². The number of unbranched alkanes of at least 4 members (excludes halogenated alkanes) is 2. The number of Topliss-reactive ketones (excluding diaryl/α,β-unsaturated/α-hetero) is 1. The van der Waals surface area contributed by atoms with Gasteiger partial charge in [0.25, 0.3) is 0 Å². The molecule has 0 heterocycles. The molecule has 0 saturated heterocycles. The first kappa shape index (κ1) is 26.0. The standard InChI is InChI=1S/C27H38O5/c1-2-3-19-32-27(31)14-10-5-4-9-13-23-24(26(30)20-25(23)29)18-17-22(28)16-15-21-11-7-6-8-12-21/h4,6-9,11-12,18,23,25-26,29-30H,2-3,5,10,13-17,19-20H2,1H3/t23-,25+,26-/m1/s1. The van der Waals surface area contributed by atoms with Gasteiger partial charge in [0.05, 0.1) is 18.8 Å². The number of hydrogen-bond acceptors (Lipinski definition) is 5. The molecule has 3 atom stereocenters. The molecule has 32 heavy (non-hydrogen) atoms. The summed E-state index contributed by atoms with van der Waals surface area (Å²) in [6, 6.07) is 9.92. The molecule has 1 aliphatic carbocycles. The van der Waals surface area contributed by atoms with E-state index < -0.39 is 12.2 Å². The van der Waals surface area contributed by atoms with Crippen molar-refractivity contribution in [1.82, 2.24) is 0 Å². The molecule has 1 aromatic rings. The van der Waals surface area contributed by atoms with Gasteiger partial charge < -0.3 is 14.9 Å². The molecular weight excluding hydrogens is 404 g/mol. The molecular formula is C27H38O5. The smallest absolute Gasteiger partial charge is 0.305 e. The number of carbonyl (C=O) groups excluding carboxylic acids is 2. The first-order valence-electron chi connectivity index (χ1n) is 11.9. The Labute approximate surface area is 192 Å². The van der Waals surface area contributed by atoms with Crippen molar-refractivity contribution in [3.63, 3.8) is 0 Å². The minimum Gasteiger partial charge on any atom is -0.466 e. The van der Waals surface area contributed by atoms with Crippen molar-refractivity contribution in [2.24, 2.45) is 5.92 Å². The number of ketones is 1. The van der Waals surface area contributed by atoms with Crippen LogP contribution in [0.1, 0.15) is 70.3 Å². The average molecular weight is 443 g/mol. The number of aryl methyl sites for hydroxylation is 1. The second-order valence-corrected chi connectivity index (χ2v) is 8.53. The first-order chi connectivity index (χ1) is 15.5. The molecule has 0 aromatic heterocycles. The average Bonchev–Trinajstić information content (AvgIpc) is 3.06. The minimum atomic E-state index is -0.691. The van der Waals surface area contributed by atoms with Gasteiger partial charge in [0.15, 0.2) is 0 Å². The lowest BCUT2D eigenvalue weighted by atomic mass is 9.94. The second kappa shape index (κ2) is 14.8. The van der Waals surface area contributed by atoms with Gasteiger partial charge in [-0.25, -0.2) is 0 Å². The summed E-state index contributed by atoms with van der Waals surface area (Å²) in [7, 11) is 0. The van der Waals surface area contributed by atoms with Crippen LogP contribution >= 0.6 is 0 Å². The van der Waals surface area contributed by atoms with E-state index in [1.807, 2.05) is 48.6 Å². The molecule has 0 unspecified atom stereocenters. The van der Waals surface area contributed by atoms with Crippen molar-refractivity contribution >= 4 is 11.8 Å². The molecule has 0 radical (unpaired) electrons. The summed E-state index contributed by atoms with van der Waals surface area (Å²) in [5, 5.41) is 20.7. The van der Waals surface area contributed by atoms with Crippen molar-refractivity contribution < 1.29 is 24.5 Å². The zero-order chi connectivity index (χ0) is 23.2. The molecule has 1 fully saturated rings. The summed E-state index contributed by atoms with van der Waals surface area (Å²) < 4.78 is 5.14. The summed E-state index contributed by atoms with van der Waals surface area (Å²) in [5.74, 6) is -0.180.